The van der Waals surface area contributed by atoms with Gasteiger partial charge in [0.15, 0.2) is 0 Å². The summed E-state index contributed by atoms with van der Waals surface area (Å²) in [6.45, 7) is 4.17. The minimum Gasteiger partial charge on any atom is -0.262 e. The smallest absolute Gasteiger partial charge is 0.120 e. The van der Waals surface area contributed by atoms with Crippen LogP contribution in [-0.2, 0) is 0 Å². The molecule has 0 saturated carbocycles. The lowest BCUT2D eigenvalue weighted by Gasteiger charge is -2.20. The molecule has 0 fully saturated rings. The Morgan fingerprint density at radius 1 is 1.36 bits per heavy atom. The van der Waals surface area contributed by atoms with Gasteiger partial charge in [-0.15, -0.1) is 0 Å². The number of para-hydroxylation sites is 1. The zero-order valence-electron chi connectivity index (χ0n) is 8.57. The van der Waals surface area contributed by atoms with E-state index in [0.717, 1.165) is 17.9 Å². The SMILES string of the molecule is CCC1=NC(C)NN1c1ccccc1. The van der Waals surface area contributed by atoms with Crippen molar-refractivity contribution in [1.29, 1.82) is 0 Å². The van der Waals surface area contributed by atoms with Crippen LogP contribution in [-0.4, -0.2) is 12.0 Å². The average molecular weight is 189 g/mol. The van der Waals surface area contributed by atoms with Crippen LogP contribution in [0, 0.1) is 0 Å². The molecule has 1 aliphatic heterocycles. The van der Waals surface area contributed by atoms with E-state index in [2.05, 4.69) is 41.4 Å². The molecular formula is C11H15N3. The van der Waals surface area contributed by atoms with E-state index >= 15 is 0 Å². The number of hydrogen-bond donors (Lipinski definition) is 1. The second kappa shape index (κ2) is 3.80. The molecule has 0 aromatic heterocycles. The van der Waals surface area contributed by atoms with Gasteiger partial charge in [-0.3, -0.25) is 10.0 Å². The molecule has 74 valence electrons. The van der Waals surface area contributed by atoms with E-state index in [1.807, 2.05) is 18.2 Å². The molecule has 1 unspecified atom stereocenters. The Morgan fingerprint density at radius 3 is 2.71 bits per heavy atom. The number of aliphatic imine (C=N–C) groups is 1. The second-order valence-electron chi connectivity index (χ2n) is 3.37. The van der Waals surface area contributed by atoms with Crippen LogP contribution in [0.25, 0.3) is 0 Å². The fourth-order valence-electron chi connectivity index (χ4n) is 1.62. The molecule has 0 aliphatic carbocycles. The first-order chi connectivity index (χ1) is 6.81. The summed E-state index contributed by atoms with van der Waals surface area (Å²) in [5.41, 5.74) is 4.45. The Balaban J connectivity index is 2.25. The zero-order chi connectivity index (χ0) is 9.97. The van der Waals surface area contributed by atoms with E-state index in [-0.39, 0.29) is 6.17 Å². The maximum absolute atomic E-state index is 4.50. The van der Waals surface area contributed by atoms with Gasteiger partial charge in [0.05, 0.1) is 5.69 Å². The van der Waals surface area contributed by atoms with Crippen molar-refractivity contribution in [3.05, 3.63) is 30.3 Å². The van der Waals surface area contributed by atoms with Crippen molar-refractivity contribution in [3.63, 3.8) is 0 Å². The van der Waals surface area contributed by atoms with Crippen LogP contribution in [0.5, 0.6) is 0 Å². The molecule has 1 aliphatic rings. The fourth-order valence-corrected chi connectivity index (χ4v) is 1.62. The summed E-state index contributed by atoms with van der Waals surface area (Å²) >= 11 is 0. The van der Waals surface area contributed by atoms with E-state index in [1.165, 1.54) is 0 Å². The highest BCUT2D eigenvalue weighted by molar-refractivity contribution is 5.98. The number of nitrogens with zero attached hydrogens (tertiary/aromatic N) is 2. The number of amidine groups is 1. The van der Waals surface area contributed by atoms with Gasteiger partial charge in [-0.2, -0.15) is 0 Å². The minimum absolute atomic E-state index is 0.185. The first kappa shape index (κ1) is 9.21. The molecule has 0 amide bonds. The topological polar surface area (TPSA) is 27.6 Å². The molecule has 14 heavy (non-hydrogen) atoms. The van der Waals surface area contributed by atoms with Crippen LogP contribution in [0.15, 0.2) is 35.3 Å². The van der Waals surface area contributed by atoms with E-state index in [1.54, 1.807) is 0 Å². The minimum atomic E-state index is 0.185. The molecule has 1 aromatic rings. The Morgan fingerprint density at radius 2 is 2.07 bits per heavy atom. The van der Waals surface area contributed by atoms with Crippen LogP contribution in [0.2, 0.25) is 0 Å². The molecule has 0 saturated heterocycles. The van der Waals surface area contributed by atoms with Crippen molar-refractivity contribution in [2.24, 2.45) is 4.99 Å². The number of rotatable bonds is 2. The van der Waals surface area contributed by atoms with Crippen molar-refractivity contribution in [1.82, 2.24) is 5.43 Å². The predicted molar refractivity (Wildman–Crippen MR) is 59.2 cm³/mol. The third-order valence-electron chi connectivity index (χ3n) is 2.25. The highest BCUT2D eigenvalue weighted by Gasteiger charge is 2.20. The largest absolute Gasteiger partial charge is 0.262 e. The van der Waals surface area contributed by atoms with Crippen molar-refractivity contribution in [3.8, 4) is 0 Å². The van der Waals surface area contributed by atoms with Gasteiger partial charge in [-0.25, -0.2) is 5.43 Å². The highest BCUT2D eigenvalue weighted by Crippen LogP contribution is 2.17. The van der Waals surface area contributed by atoms with Gasteiger partial charge in [0.25, 0.3) is 0 Å². The Bertz CT molecular complexity index is 332. The number of hydrogen-bond acceptors (Lipinski definition) is 3. The van der Waals surface area contributed by atoms with Gasteiger partial charge in [0, 0.05) is 6.42 Å². The van der Waals surface area contributed by atoms with E-state index < -0.39 is 0 Å². The lowest BCUT2D eigenvalue weighted by molar-refractivity contribution is 0.632. The molecular weight excluding hydrogens is 174 g/mol. The third kappa shape index (κ3) is 1.63. The van der Waals surface area contributed by atoms with Gasteiger partial charge in [0.2, 0.25) is 0 Å². The summed E-state index contributed by atoms with van der Waals surface area (Å²) in [4.78, 5) is 4.50. The van der Waals surface area contributed by atoms with Gasteiger partial charge in [-0.05, 0) is 19.1 Å². The maximum Gasteiger partial charge on any atom is 0.120 e. The number of nitrogens with one attached hydrogen (secondary N) is 1. The van der Waals surface area contributed by atoms with Crippen LogP contribution in [0.3, 0.4) is 0 Å². The molecule has 3 heteroatoms. The summed E-state index contributed by atoms with van der Waals surface area (Å²) in [6.07, 6.45) is 1.14. The molecule has 0 spiro atoms. The summed E-state index contributed by atoms with van der Waals surface area (Å²) in [7, 11) is 0. The van der Waals surface area contributed by atoms with E-state index in [4.69, 9.17) is 0 Å². The molecule has 1 N–H and O–H groups in total. The van der Waals surface area contributed by atoms with Crippen molar-refractivity contribution in [2.75, 3.05) is 5.01 Å². The Labute approximate surface area is 84.4 Å². The molecule has 2 rings (SSSR count). The summed E-state index contributed by atoms with van der Waals surface area (Å²) < 4.78 is 0. The van der Waals surface area contributed by atoms with Gasteiger partial charge >= 0.3 is 0 Å². The Kier molecular flexibility index (Phi) is 2.50. The fraction of sp³-hybridized carbons (Fsp3) is 0.364. The van der Waals surface area contributed by atoms with Gasteiger partial charge in [-0.1, -0.05) is 25.1 Å². The maximum atomic E-state index is 4.50. The molecule has 1 atom stereocenters. The van der Waals surface area contributed by atoms with Crippen LogP contribution in [0.1, 0.15) is 20.3 Å². The first-order valence-electron chi connectivity index (χ1n) is 4.99. The summed E-state index contributed by atoms with van der Waals surface area (Å²) in [6, 6.07) is 10.2. The average Bonchev–Trinajstić information content (AvgIpc) is 2.61. The summed E-state index contributed by atoms with van der Waals surface area (Å²) in [5, 5.41) is 2.06. The second-order valence-corrected chi connectivity index (χ2v) is 3.37. The van der Waals surface area contributed by atoms with Crippen molar-refractivity contribution in [2.45, 2.75) is 26.4 Å². The quantitative estimate of drug-likeness (QED) is 0.772. The van der Waals surface area contributed by atoms with Crippen molar-refractivity contribution < 1.29 is 0 Å². The first-order valence-corrected chi connectivity index (χ1v) is 4.99. The molecule has 1 heterocycles. The number of hydrazine groups is 1. The van der Waals surface area contributed by atoms with E-state index in [0.29, 0.717) is 0 Å². The van der Waals surface area contributed by atoms with Gasteiger partial charge in [0.1, 0.15) is 12.0 Å². The normalized spacial score (nSPS) is 21.1. The standard InChI is InChI=1S/C11H15N3/c1-3-11-12-9(2)13-14(11)10-7-5-4-6-8-10/h4-9,13H,3H2,1-2H3. The lowest BCUT2D eigenvalue weighted by atomic mass is 10.3. The van der Waals surface area contributed by atoms with Crippen LogP contribution >= 0.6 is 0 Å². The molecule has 3 nitrogen and oxygen atoms in total. The molecule has 0 radical (unpaired) electrons. The third-order valence-corrected chi connectivity index (χ3v) is 2.25. The van der Waals surface area contributed by atoms with Gasteiger partial charge < -0.3 is 0 Å². The molecule has 0 bridgehead atoms. The summed E-state index contributed by atoms with van der Waals surface area (Å²) in [5.74, 6) is 1.10. The highest BCUT2D eigenvalue weighted by atomic mass is 15.6. The van der Waals surface area contributed by atoms with Crippen LogP contribution in [0.4, 0.5) is 5.69 Å². The monoisotopic (exact) mass is 189 g/mol. The zero-order valence-corrected chi connectivity index (χ0v) is 8.57. The number of benzene rings is 1. The van der Waals surface area contributed by atoms with Crippen molar-refractivity contribution >= 4 is 11.5 Å². The van der Waals surface area contributed by atoms with E-state index in [9.17, 15) is 0 Å². The Hall–Kier alpha value is -1.35. The number of anilines is 1. The predicted octanol–water partition coefficient (Wildman–Crippen LogP) is 2.17. The van der Waals surface area contributed by atoms with Crippen LogP contribution < -0.4 is 10.4 Å². The molecule has 1 aromatic carbocycles. The lowest BCUT2D eigenvalue weighted by Crippen LogP contribution is -2.39.